The van der Waals surface area contributed by atoms with Gasteiger partial charge in [0.2, 0.25) is 0 Å². The van der Waals surface area contributed by atoms with Crippen molar-refractivity contribution in [1.29, 1.82) is 0 Å². The van der Waals surface area contributed by atoms with Crippen LogP contribution in [0.1, 0.15) is 24.2 Å². The lowest BCUT2D eigenvalue weighted by molar-refractivity contribution is 0.306. The summed E-state index contributed by atoms with van der Waals surface area (Å²) in [6.45, 7) is 2.70. The van der Waals surface area contributed by atoms with Crippen molar-refractivity contribution in [1.82, 2.24) is 0 Å². The normalized spacial score (nSPS) is 21.6. The molecule has 2 heteroatoms. The first-order chi connectivity index (χ1) is 8.83. The van der Waals surface area contributed by atoms with Gasteiger partial charge < -0.3 is 9.47 Å². The summed E-state index contributed by atoms with van der Waals surface area (Å²) in [5, 5.41) is 0. The molecular weight excluding hydrogens is 224 g/mol. The van der Waals surface area contributed by atoms with Gasteiger partial charge in [-0.2, -0.15) is 0 Å². The van der Waals surface area contributed by atoms with Gasteiger partial charge >= 0.3 is 0 Å². The van der Waals surface area contributed by atoms with Crippen LogP contribution in [0.2, 0.25) is 0 Å². The minimum absolute atomic E-state index is 0.285. The minimum Gasteiger partial charge on any atom is -0.489 e. The zero-order valence-electron chi connectivity index (χ0n) is 10.4. The molecule has 2 unspecified atom stereocenters. The SMILES string of the molecule is CC1OC1c1ccc(OCc2ccccc2)cc1. The topological polar surface area (TPSA) is 21.8 Å². The van der Waals surface area contributed by atoms with E-state index in [1.807, 2.05) is 30.3 Å². The predicted molar refractivity (Wildman–Crippen MR) is 70.5 cm³/mol. The van der Waals surface area contributed by atoms with Crippen LogP contribution in [-0.4, -0.2) is 6.10 Å². The molecule has 1 aliphatic heterocycles. The average molecular weight is 240 g/mol. The third-order valence-corrected chi connectivity index (χ3v) is 3.17. The van der Waals surface area contributed by atoms with Crippen LogP contribution in [0, 0.1) is 0 Å². The number of rotatable bonds is 4. The first kappa shape index (κ1) is 11.3. The van der Waals surface area contributed by atoms with Gasteiger partial charge in [-0.05, 0) is 30.2 Å². The van der Waals surface area contributed by atoms with Gasteiger partial charge in [-0.3, -0.25) is 0 Å². The summed E-state index contributed by atoms with van der Waals surface area (Å²) in [5.41, 5.74) is 2.41. The third-order valence-electron chi connectivity index (χ3n) is 3.17. The van der Waals surface area contributed by atoms with Crippen LogP contribution in [0.4, 0.5) is 0 Å². The van der Waals surface area contributed by atoms with E-state index in [9.17, 15) is 0 Å². The van der Waals surface area contributed by atoms with Crippen molar-refractivity contribution >= 4 is 0 Å². The third kappa shape index (κ3) is 2.54. The zero-order chi connectivity index (χ0) is 12.4. The van der Waals surface area contributed by atoms with Crippen molar-refractivity contribution in [2.75, 3.05) is 0 Å². The molecule has 18 heavy (non-hydrogen) atoms. The van der Waals surface area contributed by atoms with E-state index in [4.69, 9.17) is 9.47 Å². The maximum Gasteiger partial charge on any atom is 0.119 e. The second kappa shape index (κ2) is 4.83. The molecule has 2 nitrogen and oxygen atoms in total. The second-order valence-corrected chi connectivity index (χ2v) is 4.61. The van der Waals surface area contributed by atoms with E-state index >= 15 is 0 Å². The highest BCUT2D eigenvalue weighted by Gasteiger charge is 2.35. The van der Waals surface area contributed by atoms with E-state index in [0.29, 0.717) is 12.7 Å². The lowest BCUT2D eigenvalue weighted by atomic mass is 10.1. The van der Waals surface area contributed by atoms with Gasteiger partial charge in [0.15, 0.2) is 0 Å². The Morgan fingerprint density at radius 1 is 1.00 bits per heavy atom. The molecule has 92 valence electrons. The van der Waals surface area contributed by atoms with E-state index in [1.165, 1.54) is 11.1 Å². The summed E-state index contributed by atoms with van der Waals surface area (Å²) >= 11 is 0. The van der Waals surface area contributed by atoms with Crippen LogP contribution in [0.3, 0.4) is 0 Å². The summed E-state index contributed by atoms with van der Waals surface area (Å²) in [7, 11) is 0. The maximum absolute atomic E-state index is 5.73. The fraction of sp³-hybridized carbons (Fsp3) is 0.250. The molecule has 0 N–H and O–H groups in total. The quantitative estimate of drug-likeness (QED) is 0.760. The number of epoxide rings is 1. The molecule has 0 aliphatic carbocycles. The molecule has 1 heterocycles. The fourth-order valence-electron chi connectivity index (χ4n) is 2.03. The van der Waals surface area contributed by atoms with Crippen molar-refractivity contribution in [2.45, 2.75) is 25.7 Å². The highest BCUT2D eigenvalue weighted by atomic mass is 16.6. The van der Waals surface area contributed by atoms with Gasteiger partial charge in [-0.25, -0.2) is 0 Å². The Hall–Kier alpha value is -1.80. The maximum atomic E-state index is 5.73. The molecule has 0 bridgehead atoms. The van der Waals surface area contributed by atoms with Gasteiger partial charge in [-0.1, -0.05) is 42.5 Å². The lowest BCUT2D eigenvalue weighted by Gasteiger charge is -2.06. The molecule has 0 aromatic heterocycles. The molecule has 2 atom stereocenters. The molecule has 0 spiro atoms. The highest BCUT2D eigenvalue weighted by molar-refractivity contribution is 5.31. The Labute approximate surface area is 107 Å². The van der Waals surface area contributed by atoms with E-state index in [-0.39, 0.29) is 6.10 Å². The summed E-state index contributed by atoms with van der Waals surface area (Å²) in [6.07, 6.45) is 0.647. The number of ether oxygens (including phenoxy) is 2. The van der Waals surface area contributed by atoms with Crippen molar-refractivity contribution in [3.63, 3.8) is 0 Å². The Morgan fingerprint density at radius 2 is 1.67 bits per heavy atom. The van der Waals surface area contributed by atoms with Gasteiger partial charge in [0.1, 0.15) is 18.5 Å². The summed E-state index contributed by atoms with van der Waals surface area (Å²) < 4.78 is 11.2. The van der Waals surface area contributed by atoms with Crippen LogP contribution >= 0.6 is 0 Å². The van der Waals surface area contributed by atoms with Crippen LogP contribution in [0.5, 0.6) is 5.75 Å². The van der Waals surface area contributed by atoms with Gasteiger partial charge in [0.05, 0.1) is 6.10 Å². The molecule has 0 saturated carbocycles. The molecule has 0 radical (unpaired) electrons. The Morgan fingerprint density at radius 3 is 2.28 bits per heavy atom. The van der Waals surface area contributed by atoms with Crippen molar-refractivity contribution in [3.8, 4) is 5.75 Å². The van der Waals surface area contributed by atoms with Crippen LogP contribution < -0.4 is 4.74 Å². The molecule has 1 saturated heterocycles. The molecule has 3 rings (SSSR count). The zero-order valence-corrected chi connectivity index (χ0v) is 10.4. The van der Waals surface area contributed by atoms with Crippen molar-refractivity contribution < 1.29 is 9.47 Å². The predicted octanol–water partition coefficient (Wildman–Crippen LogP) is 3.73. The van der Waals surface area contributed by atoms with Gasteiger partial charge in [0, 0.05) is 0 Å². The summed E-state index contributed by atoms with van der Waals surface area (Å²) in [5.74, 6) is 0.899. The smallest absolute Gasteiger partial charge is 0.119 e. The van der Waals surface area contributed by atoms with Crippen molar-refractivity contribution in [2.24, 2.45) is 0 Å². The Kier molecular flexibility index (Phi) is 3.03. The van der Waals surface area contributed by atoms with Gasteiger partial charge in [0.25, 0.3) is 0 Å². The van der Waals surface area contributed by atoms with E-state index in [0.717, 1.165) is 5.75 Å². The standard InChI is InChI=1S/C16H16O2/c1-12-16(18-12)14-7-9-15(10-8-14)17-11-13-5-3-2-4-6-13/h2-10,12,16H,11H2,1H3. The molecule has 0 amide bonds. The molecule has 2 aromatic carbocycles. The number of hydrogen-bond acceptors (Lipinski definition) is 2. The Balaban J connectivity index is 1.60. The van der Waals surface area contributed by atoms with Gasteiger partial charge in [-0.15, -0.1) is 0 Å². The number of hydrogen-bond donors (Lipinski definition) is 0. The largest absolute Gasteiger partial charge is 0.489 e. The van der Waals surface area contributed by atoms with Crippen LogP contribution in [-0.2, 0) is 11.3 Å². The highest BCUT2D eigenvalue weighted by Crippen LogP contribution is 2.38. The number of benzene rings is 2. The first-order valence-electron chi connectivity index (χ1n) is 6.25. The fourth-order valence-corrected chi connectivity index (χ4v) is 2.03. The van der Waals surface area contributed by atoms with Crippen LogP contribution in [0.15, 0.2) is 54.6 Å². The molecular formula is C16H16O2. The lowest BCUT2D eigenvalue weighted by Crippen LogP contribution is -1.95. The minimum atomic E-state index is 0.285. The summed E-state index contributed by atoms with van der Waals surface area (Å²) in [4.78, 5) is 0. The Bertz CT molecular complexity index is 504. The van der Waals surface area contributed by atoms with E-state index in [1.54, 1.807) is 0 Å². The molecule has 1 fully saturated rings. The monoisotopic (exact) mass is 240 g/mol. The first-order valence-corrected chi connectivity index (χ1v) is 6.25. The average Bonchev–Trinajstić information content (AvgIpc) is 3.15. The second-order valence-electron chi connectivity index (χ2n) is 4.61. The van der Waals surface area contributed by atoms with E-state index in [2.05, 4.69) is 31.2 Å². The molecule has 2 aromatic rings. The van der Waals surface area contributed by atoms with Crippen molar-refractivity contribution in [3.05, 3.63) is 65.7 Å². The van der Waals surface area contributed by atoms with E-state index < -0.39 is 0 Å². The molecule has 1 aliphatic rings. The van der Waals surface area contributed by atoms with Crippen LogP contribution in [0.25, 0.3) is 0 Å². The summed E-state index contributed by atoms with van der Waals surface area (Å²) in [6, 6.07) is 18.3.